The number of carbonyl (C=O) groups is 1. The number of carbonyl (C=O) groups excluding carboxylic acids is 1. The first-order valence-electron chi connectivity index (χ1n) is 6.84. The minimum atomic E-state index is -0.146. The Morgan fingerprint density at radius 2 is 2.29 bits per heavy atom. The van der Waals surface area contributed by atoms with Crippen LogP contribution in [0.15, 0.2) is 35.1 Å². The highest BCUT2D eigenvalue weighted by molar-refractivity contribution is 6.33. The minimum Gasteiger partial charge on any atom is -0.443 e. The maximum Gasteiger partial charge on any atom is 0.276 e. The van der Waals surface area contributed by atoms with Gasteiger partial charge in [0.2, 0.25) is 0 Å². The monoisotopic (exact) mass is 305 g/mol. The van der Waals surface area contributed by atoms with Crippen LogP contribution in [0.1, 0.15) is 16.9 Å². The molecule has 1 saturated heterocycles. The van der Waals surface area contributed by atoms with E-state index in [0.29, 0.717) is 22.0 Å². The number of benzene rings is 1. The number of nitrogens with one attached hydrogen (secondary N) is 1. The van der Waals surface area contributed by atoms with Crippen molar-refractivity contribution >= 4 is 17.5 Å². The molecule has 1 amide bonds. The lowest BCUT2D eigenvalue weighted by Gasteiger charge is -2.23. The number of aromatic nitrogens is 1. The van der Waals surface area contributed by atoms with Gasteiger partial charge in [0.1, 0.15) is 0 Å². The molecule has 3 rings (SSSR count). The second kappa shape index (κ2) is 5.87. The number of amides is 1. The summed E-state index contributed by atoms with van der Waals surface area (Å²) in [7, 11) is 1.80. The molecule has 6 heteroatoms. The summed E-state index contributed by atoms with van der Waals surface area (Å²) in [4.78, 5) is 18.4. The van der Waals surface area contributed by atoms with Crippen molar-refractivity contribution in [2.24, 2.45) is 0 Å². The highest BCUT2D eigenvalue weighted by atomic mass is 35.5. The largest absolute Gasteiger partial charge is 0.443 e. The number of halogens is 1. The SMILES string of the molecule is CN(C(=O)c1ncoc1-c1ccccc1Cl)[C@@H]1CCNC1. The highest BCUT2D eigenvalue weighted by Gasteiger charge is 2.28. The molecular formula is C15H16ClN3O2. The quantitative estimate of drug-likeness (QED) is 0.946. The van der Waals surface area contributed by atoms with Gasteiger partial charge in [-0.2, -0.15) is 0 Å². The van der Waals surface area contributed by atoms with Gasteiger partial charge in [-0.15, -0.1) is 0 Å². The molecule has 21 heavy (non-hydrogen) atoms. The lowest BCUT2D eigenvalue weighted by molar-refractivity contribution is 0.0739. The molecule has 1 aromatic heterocycles. The normalized spacial score (nSPS) is 17.9. The Kier molecular flexibility index (Phi) is 3.94. The van der Waals surface area contributed by atoms with Crippen molar-refractivity contribution in [2.75, 3.05) is 20.1 Å². The summed E-state index contributed by atoms with van der Waals surface area (Å²) in [6.07, 6.45) is 2.23. The summed E-state index contributed by atoms with van der Waals surface area (Å²) in [6, 6.07) is 7.45. The number of rotatable bonds is 3. The molecule has 2 heterocycles. The Labute approximate surface area is 127 Å². The molecule has 1 atom stereocenters. The summed E-state index contributed by atoms with van der Waals surface area (Å²) in [5, 5.41) is 3.79. The van der Waals surface area contributed by atoms with E-state index in [9.17, 15) is 4.79 Å². The van der Waals surface area contributed by atoms with Crippen LogP contribution in [-0.4, -0.2) is 42.0 Å². The van der Waals surface area contributed by atoms with Crippen molar-refractivity contribution in [1.29, 1.82) is 0 Å². The molecule has 0 unspecified atom stereocenters. The first kappa shape index (κ1) is 14.1. The van der Waals surface area contributed by atoms with E-state index < -0.39 is 0 Å². The van der Waals surface area contributed by atoms with Crippen molar-refractivity contribution in [3.05, 3.63) is 41.4 Å². The van der Waals surface area contributed by atoms with E-state index in [1.807, 2.05) is 18.2 Å². The van der Waals surface area contributed by atoms with Gasteiger partial charge in [-0.3, -0.25) is 4.79 Å². The van der Waals surface area contributed by atoms with E-state index in [2.05, 4.69) is 10.3 Å². The molecule has 1 N–H and O–H groups in total. The fourth-order valence-corrected chi connectivity index (χ4v) is 2.76. The zero-order chi connectivity index (χ0) is 14.8. The van der Waals surface area contributed by atoms with Crippen LogP contribution >= 0.6 is 11.6 Å². The second-order valence-electron chi connectivity index (χ2n) is 5.07. The Hall–Kier alpha value is -1.85. The van der Waals surface area contributed by atoms with E-state index in [4.69, 9.17) is 16.0 Å². The van der Waals surface area contributed by atoms with Gasteiger partial charge in [0, 0.05) is 25.2 Å². The predicted molar refractivity (Wildman–Crippen MR) is 80.3 cm³/mol. The molecular weight excluding hydrogens is 290 g/mol. The van der Waals surface area contributed by atoms with Crippen LogP contribution in [-0.2, 0) is 0 Å². The molecule has 0 bridgehead atoms. The molecule has 0 aliphatic carbocycles. The molecule has 1 fully saturated rings. The van der Waals surface area contributed by atoms with Crippen molar-refractivity contribution in [1.82, 2.24) is 15.2 Å². The van der Waals surface area contributed by atoms with E-state index in [0.717, 1.165) is 19.5 Å². The molecule has 1 aliphatic heterocycles. The van der Waals surface area contributed by atoms with Crippen molar-refractivity contribution in [3.8, 4) is 11.3 Å². The van der Waals surface area contributed by atoms with Crippen molar-refractivity contribution in [3.63, 3.8) is 0 Å². The lowest BCUT2D eigenvalue weighted by Crippen LogP contribution is -2.38. The topological polar surface area (TPSA) is 58.4 Å². The summed E-state index contributed by atoms with van der Waals surface area (Å²) in [5.41, 5.74) is 0.982. The zero-order valence-corrected chi connectivity index (χ0v) is 12.4. The molecule has 1 aliphatic rings. The molecule has 0 spiro atoms. The van der Waals surface area contributed by atoms with Gasteiger partial charge < -0.3 is 14.6 Å². The third-order valence-electron chi connectivity index (χ3n) is 3.79. The molecule has 1 aromatic carbocycles. The van der Waals surface area contributed by atoms with Crippen LogP contribution in [0.2, 0.25) is 5.02 Å². The van der Waals surface area contributed by atoms with E-state index in [1.165, 1.54) is 6.39 Å². The van der Waals surface area contributed by atoms with Gasteiger partial charge in [0.15, 0.2) is 17.8 Å². The Morgan fingerprint density at radius 1 is 1.48 bits per heavy atom. The first-order valence-corrected chi connectivity index (χ1v) is 7.22. The highest BCUT2D eigenvalue weighted by Crippen LogP contribution is 2.30. The van der Waals surface area contributed by atoms with E-state index in [-0.39, 0.29) is 11.9 Å². The fourth-order valence-electron chi connectivity index (χ4n) is 2.54. The molecule has 2 aromatic rings. The Balaban J connectivity index is 1.92. The molecule has 0 radical (unpaired) electrons. The average molecular weight is 306 g/mol. The van der Waals surface area contributed by atoms with Gasteiger partial charge in [0.05, 0.1) is 5.02 Å². The van der Waals surface area contributed by atoms with Gasteiger partial charge >= 0.3 is 0 Å². The number of likely N-dealkylation sites (N-methyl/N-ethyl adjacent to an activating group) is 1. The summed E-state index contributed by atoms with van der Waals surface area (Å²) < 4.78 is 5.41. The minimum absolute atomic E-state index is 0.146. The summed E-state index contributed by atoms with van der Waals surface area (Å²) in [5.74, 6) is 0.274. The predicted octanol–water partition coefficient (Wildman–Crippen LogP) is 2.43. The molecule has 5 nitrogen and oxygen atoms in total. The molecule has 110 valence electrons. The first-order chi connectivity index (χ1) is 10.2. The van der Waals surface area contributed by atoms with Gasteiger partial charge in [-0.05, 0) is 25.1 Å². The average Bonchev–Trinajstić information content (AvgIpc) is 3.17. The maximum atomic E-state index is 12.6. The van der Waals surface area contributed by atoms with E-state index in [1.54, 1.807) is 18.0 Å². The number of oxazole rings is 1. The number of hydrogen-bond acceptors (Lipinski definition) is 4. The molecule has 0 saturated carbocycles. The van der Waals surface area contributed by atoms with Crippen LogP contribution in [0.3, 0.4) is 0 Å². The van der Waals surface area contributed by atoms with Crippen LogP contribution in [0, 0.1) is 0 Å². The summed E-state index contributed by atoms with van der Waals surface area (Å²) >= 11 is 6.18. The van der Waals surface area contributed by atoms with Crippen LogP contribution in [0.25, 0.3) is 11.3 Å². The third kappa shape index (κ3) is 2.66. The van der Waals surface area contributed by atoms with Crippen LogP contribution in [0.5, 0.6) is 0 Å². The third-order valence-corrected chi connectivity index (χ3v) is 4.12. The maximum absolute atomic E-state index is 12.6. The standard InChI is InChI=1S/C15H16ClN3O2/c1-19(10-6-7-17-8-10)15(20)13-14(21-9-18-13)11-4-2-3-5-12(11)16/h2-5,9-10,17H,6-8H2,1H3/t10-/m1/s1. The summed E-state index contributed by atoms with van der Waals surface area (Å²) in [6.45, 7) is 1.74. The van der Waals surface area contributed by atoms with E-state index >= 15 is 0 Å². The van der Waals surface area contributed by atoms with Crippen LogP contribution < -0.4 is 5.32 Å². The smallest absolute Gasteiger partial charge is 0.276 e. The second-order valence-corrected chi connectivity index (χ2v) is 5.48. The van der Waals surface area contributed by atoms with Crippen LogP contribution in [0.4, 0.5) is 0 Å². The number of nitrogens with zero attached hydrogens (tertiary/aromatic N) is 2. The van der Waals surface area contributed by atoms with Gasteiger partial charge in [0.25, 0.3) is 5.91 Å². The Bertz CT molecular complexity index is 650. The lowest BCUT2D eigenvalue weighted by atomic mass is 10.1. The zero-order valence-electron chi connectivity index (χ0n) is 11.7. The van der Waals surface area contributed by atoms with Gasteiger partial charge in [-0.25, -0.2) is 4.98 Å². The Morgan fingerprint density at radius 3 is 3.00 bits per heavy atom. The number of hydrogen-bond donors (Lipinski definition) is 1. The van der Waals surface area contributed by atoms with Crippen molar-refractivity contribution < 1.29 is 9.21 Å². The van der Waals surface area contributed by atoms with Crippen molar-refractivity contribution in [2.45, 2.75) is 12.5 Å². The fraction of sp³-hybridized carbons (Fsp3) is 0.333. The van der Waals surface area contributed by atoms with Gasteiger partial charge in [-0.1, -0.05) is 23.7 Å².